The van der Waals surface area contributed by atoms with Crippen molar-refractivity contribution in [3.05, 3.63) is 40.6 Å². The van der Waals surface area contributed by atoms with Crippen LogP contribution in [-0.4, -0.2) is 16.1 Å². The molecule has 0 amide bonds. The van der Waals surface area contributed by atoms with Gasteiger partial charge in [0.15, 0.2) is 0 Å². The number of imidazole rings is 1. The number of nitrogens with one attached hydrogen (secondary N) is 1. The fourth-order valence-corrected chi connectivity index (χ4v) is 2.96. The van der Waals surface area contributed by atoms with Gasteiger partial charge in [-0.05, 0) is 30.8 Å². The summed E-state index contributed by atoms with van der Waals surface area (Å²) in [5.74, 6) is 0. The SMILES string of the molecule is c1csc(Cn2cncc2[C@@H]2CCCN2)c1. The third-order valence-corrected chi connectivity index (χ3v) is 3.93. The van der Waals surface area contributed by atoms with Gasteiger partial charge in [0.25, 0.3) is 0 Å². The van der Waals surface area contributed by atoms with Crippen LogP contribution in [0.5, 0.6) is 0 Å². The molecule has 0 unspecified atom stereocenters. The highest BCUT2D eigenvalue weighted by Crippen LogP contribution is 2.23. The highest BCUT2D eigenvalue weighted by atomic mass is 32.1. The van der Waals surface area contributed by atoms with Crippen molar-refractivity contribution in [3.8, 4) is 0 Å². The number of rotatable bonds is 3. The molecule has 3 rings (SSSR count). The standard InChI is InChI=1S/C12H15N3S/c1-4-11(14-5-1)12-7-13-9-15(12)8-10-3-2-6-16-10/h2-3,6-7,9,11,14H,1,4-5,8H2/t11-/m0/s1. The zero-order valence-corrected chi connectivity index (χ0v) is 9.91. The lowest BCUT2D eigenvalue weighted by molar-refractivity contribution is 0.586. The van der Waals surface area contributed by atoms with Crippen LogP contribution in [-0.2, 0) is 6.54 Å². The summed E-state index contributed by atoms with van der Waals surface area (Å²) < 4.78 is 2.26. The van der Waals surface area contributed by atoms with Crippen LogP contribution in [0.4, 0.5) is 0 Å². The average molecular weight is 233 g/mol. The molecule has 1 atom stereocenters. The highest BCUT2D eigenvalue weighted by Gasteiger charge is 2.19. The Balaban J connectivity index is 1.82. The molecule has 0 bridgehead atoms. The minimum atomic E-state index is 0.502. The van der Waals surface area contributed by atoms with Crippen molar-refractivity contribution in [1.29, 1.82) is 0 Å². The molecule has 1 aliphatic heterocycles. The van der Waals surface area contributed by atoms with E-state index in [4.69, 9.17) is 0 Å². The summed E-state index contributed by atoms with van der Waals surface area (Å²) in [6.45, 7) is 2.08. The van der Waals surface area contributed by atoms with Gasteiger partial charge in [-0.25, -0.2) is 4.98 Å². The Morgan fingerprint density at radius 1 is 1.56 bits per heavy atom. The zero-order chi connectivity index (χ0) is 10.8. The molecule has 84 valence electrons. The van der Waals surface area contributed by atoms with Gasteiger partial charge in [-0.1, -0.05) is 6.07 Å². The number of hydrogen-bond acceptors (Lipinski definition) is 3. The third kappa shape index (κ3) is 1.90. The van der Waals surface area contributed by atoms with Crippen LogP contribution >= 0.6 is 11.3 Å². The molecule has 0 spiro atoms. The Bertz CT molecular complexity index is 441. The number of thiophene rings is 1. The smallest absolute Gasteiger partial charge is 0.0952 e. The molecule has 3 heterocycles. The van der Waals surface area contributed by atoms with E-state index in [1.165, 1.54) is 23.4 Å². The maximum Gasteiger partial charge on any atom is 0.0952 e. The minimum absolute atomic E-state index is 0.502. The second kappa shape index (κ2) is 4.39. The summed E-state index contributed by atoms with van der Waals surface area (Å²) in [5, 5.41) is 5.65. The number of aromatic nitrogens is 2. The van der Waals surface area contributed by atoms with Crippen LogP contribution in [0.25, 0.3) is 0 Å². The normalized spacial score (nSPS) is 20.4. The topological polar surface area (TPSA) is 29.9 Å². The molecule has 0 saturated carbocycles. The van der Waals surface area contributed by atoms with E-state index in [0.717, 1.165) is 13.1 Å². The predicted molar refractivity (Wildman–Crippen MR) is 65.6 cm³/mol. The van der Waals surface area contributed by atoms with Crippen molar-refractivity contribution >= 4 is 11.3 Å². The molecule has 2 aromatic heterocycles. The third-order valence-electron chi connectivity index (χ3n) is 3.07. The molecule has 0 aromatic carbocycles. The molecule has 4 heteroatoms. The van der Waals surface area contributed by atoms with Crippen LogP contribution in [0, 0.1) is 0 Å². The van der Waals surface area contributed by atoms with E-state index in [2.05, 4.69) is 32.4 Å². The summed E-state index contributed by atoms with van der Waals surface area (Å²) >= 11 is 1.80. The van der Waals surface area contributed by atoms with Gasteiger partial charge in [0.2, 0.25) is 0 Å². The maximum atomic E-state index is 4.27. The van der Waals surface area contributed by atoms with Gasteiger partial charge in [-0.15, -0.1) is 11.3 Å². The molecule has 1 saturated heterocycles. The first-order valence-corrected chi connectivity index (χ1v) is 6.57. The second-order valence-corrected chi connectivity index (χ2v) is 5.21. The lowest BCUT2D eigenvalue weighted by Gasteiger charge is -2.13. The van der Waals surface area contributed by atoms with Crippen molar-refractivity contribution < 1.29 is 0 Å². The molecular formula is C12H15N3S. The molecule has 2 aromatic rings. The molecule has 16 heavy (non-hydrogen) atoms. The van der Waals surface area contributed by atoms with Gasteiger partial charge in [0.1, 0.15) is 0 Å². The highest BCUT2D eigenvalue weighted by molar-refractivity contribution is 7.09. The van der Waals surface area contributed by atoms with E-state index < -0.39 is 0 Å². The van der Waals surface area contributed by atoms with E-state index in [9.17, 15) is 0 Å². The number of nitrogens with zero attached hydrogens (tertiary/aromatic N) is 2. The van der Waals surface area contributed by atoms with Crippen LogP contribution < -0.4 is 5.32 Å². The molecular weight excluding hydrogens is 218 g/mol. The van der Waals surface area contributed by atoms with Crippen LogP contribution in [0.1, 0.15) is 29.5 Å². The summed E-state index contributed by atoms with van der Waals surface area (Å²) in [6, 6.07) is 4.78. The van der Waals surface area contributed by atoms with Crippen molar-refractivity contribution in [1.82, 2.24) is 14.9 Å². The van der Waals surface area contributed by atoms with Crippen LogP contribution in [0.15, 0.2) is 30.0 Å². The fourth-order valence-electron chi connectivity index (χ4n) is 2.26. The number of hydrogen-bond donors (Lipinski definition) is 1. The van der Waals surface area contributed by atoms with E-state index in [-0.39, 0.29) is 0 Å². The van der Waals surface area contributed by atoms with E-state index in [1.54, 1.807) is 11.3 Å². The van der Waals surface area contributed by atoms with Gasteiger partial charge in [-0.3, -0.25) is 0 Å². The summed E-state index contributed by atoms with van der Waals surface area (Å²) in [4.78, 5) is 5.66. The van der Waals surface area contributed by atoms with E-state index >= 15 is 0 Å². The van der Waals surface area contributed by atoms with Gasteiger partial charge < -0.3 is 9.88 Å². The van der Waals surface area contributed by atoms with Crippen molar-refractivity contribution in [2.75, 3.05) is 6.54 Å². The molecule has 1 aliphatic rings. The van der Waals surface area contributed by atoms with Crippen LogP contribution in [0.2, 0.25) is 0 Å². The van der Waals surface area contributed by atoms with Crippen molar-refractivity contribution in [2.45, 2.75) is 25.4 Å². The largest absolute Gasteiger partial charge is 0.328 e. The molecule has 1 fully saturated rings. The first-order valence-electron chi connectivity index (χ1n) is 5.69. The Labute approximate surface area is 99.1 Å². The Hall–Kier alpha value is -1.13. The first kappa shape index (κ1) is 10.1. The minimum Gasteiger partial charge on any atom is -0.328 e. The Morgan fingerprint density at radius 2 is 2.56 bits per heavy atom. The average Bonchev–Trinajstić information content (AvgIpc) is 2.98. The molecule has 0 aliphatic carbocycles. The lowest BCUT2D eigenvalue weighted by Crippen LogP contribution is -2.16. The monoisotopic (exact) mass is 233 g/mol. The first-order chi connectivity index (χ1) is 7.93. The summed E-state index contributed by atoms with van der Waals surface area (Å²) in [5.41, 5.74) is 1.32. The summed E-state index contributed by atoms with van der Waals surface area (Å²) in [7, 11) is 0. The van der Waals surface area contributed by atoms with Gasteiger partial charge in [-0.2, -0.15) is 0 Å². The van der Waals surface area contributed by atoms with Crippen LogP contribution in [0.3, 0.4) is 0 Å². The van der Waals surface area contributed by atoms with Gasteiger partial charge in [0, 0.05) is 17.1 Å². The summed E-state index contributed by atoms with van der Waals surface area (Å²) in [6.07, 6.45) is 6.44. The van der Waals surface area contributed by atoms with Crippen molar-refractivity contribution in [2.24, 2.45) is 0 Å². The maximum absolute atomic E-state index is 4.27. The predicted octanol–water partition coefficient (Wildman–Crippen LogP) is 2.42. The molecule has 3 nitrogen and oxygen atoms in total. The van der Waals surface area contributed by atoms with E-state index in [1.807, 2.05) is 12.5 Å². The quantitative estimate of drug-likeness (QED) is 0.882. The molecule has 1 N–H and O–H groups in total. The van der Waals surface area contributed by atoms with Crippen molar-refractivity contribution in [3.63, 3.8) is 0 Å². The molecule has 0 radical (unpaired) electrons. The fraction of sp³-hybridized carbons (Fsp3) is 0.417. The second-order valence-electron chi connectivity index (χ2n) is 4.17. The van der Waals surface area contributed by atoms with E-state index in [0.29, 0.717) is 6.04 Å². The van der Waals surface area contributed by atoms with Gasteiger partial charge >= 0.3 is 0 Å². The Morgan fingerprint density at radius 3 is 3.31 bits per heavy atom. The van der Waals surface area contributed by atoms with Gasteiger partial charge in [0.05, 0.1) is 18.6 Å². The zero-order valence-electron chi connectivity index (χ0n) is 9.10. The Kier molecular flexibility index (Phi) is 2.76. The lowest BCUT2D eigenvalue weighted by atomic mass is 10.2.